The first kappa shape index (κ1) is 18.9. The van der Waals surface area contributed by atoms with Crippen LogP contribution in [0.2, 0.25) is 0 Å². The van der Waals surface area contributed by atoms with E-state index in [-0.39, 0.29) is 11.8 Å². The molecule has 1 saturated carbocycles. The summed E-state index contributed by atoms with van der Waals surface area (Å²) in [4.78, 5) is 6.83. The molecule has 4 heteroatoms. The number of aliphatic hydroxyl groups excluding tert-OH is 2. The van der Waals surface area contributed by atoms with Crippen molar-refractivity contribution in [2.24, 2.45) is 0 Å². The van der Waals surface area contributed by atoms with Crippen molar-refractivity contribution in [1.29, 1.82) is 0 Å². The molecule has 4 N–H and O–H groups in total. The molecule has 152 valence electrons. The molecule has 4 aromatic rings. The maximum atomic E-state index is 11.1. The third-order valence-electron chi connectivity index (χ3n) is 6.47. The van der Waals surface area contributed by atoms with E-state index in [9.17, 15) is 10.2 Å². The normalized spacial score (nSPS) is 23.3. The second-order valence-corrected chi connectivity index (χ2v) is 8.29. The van der Waals surface area contributed by atoms with Crippen LogP contribution >= 0.6 is 0 Å². The Hall–Kier alpha value is -3.08. The summed E-state index contributed by atoms with van der Waals surface area (Å²) in [6, 6.07) is 24.4. The zero-order chi connectivity index (χ0) is 20.8. The second-order valence-electron chi connectivity index (χ2n) is 8.29. The molecule has 1 fully saturated rings. The second kappa shape index (κ2) is 7.31. The summed E-state index contributed by atoms with van der Waals surface area (Å²) in [6.45, 7) is 4.01. The van der Waals surface area contributed by atoms with E-state index in [1.807, 2.05) is 50.2 Å². The lowest BCUT2D eigenvalue weighted by Crippen LogP contribution is -2.51. The average Bonchev–Trinajstić information content (AvgIpc) is 3.33. The van der Waals surface area contributed by atoms with Crippen LogP contribution in [0, 0.1) is 13.8 Å². The Balaban J connectivity index is 1.43. The third kappa shape index (κ3) is 3.00. The van der Waals surface area contributed by atoms with E-state index in [1.54, 1.807) is 0 Å². The van der Waals surface area contributed by atoms with Gasteiger partial charge in [-0.25, -0.2) is 0 Å². The minimum Gasteiger partial charge on any atom is -0.392 e. The molecule has 0 spiro atoms. The van der Waals surface area contributed by atoms with Crippen molar-refractivity contribution in [3.8, 4) is 22.5 Å². The van der Waals surface area contributed by atoms with Crippen molar-refractivity contribution in [2.75, 3.05) is 0 Å². The largest absolute Gasteiger partial charge is 0.392 e. The fourth-order valence-electron chi connectivity index (χ4n) is 4.83. The maximum absolute atomic E-state index is 11.1. The summed E-state index contributed by atoms with van der Waals surface area (Å²) in [7, 11) is 0. The Bertz CT molecular complexity index is 1060. The summed E-state index contributed by atoms with van der Waals surface area (Å²) in [5.74, 6) is -0.587. The molecule has 0 saturated heterocycles. The van der Waals surface area contributed by atoms with Gasteiger partial charge < -0.3 is 20.2 Å². The predicted molar refractivity (Wildman–Crippen MR) is 119 cm³/mol. The van der Waals surface area contributed by atoms with Crippen LogP contribution in [0.15, 0.2) is 72.8 Å². The lowest BCUT2D eigenvalue weighted by molar-refractivity contribution is -0.0788. The number of hydrogen-bond donors (Lipinski definition) is 4. The standard InChI is InChI=1S/C26H26N2O2/c1-15-19(13-21(27-15)17-9-5-3-6-10-17)23-25(29)24(26(23)30)20-14-22(28-16(20)2)18-11-7-4-8-12-18/h3-14,23-30H,1-2H3. The number of aromatic nitrogens is 2. The summed E-state index contributed by atoms with van der Waals surface area (Å²) >= 11 is 0. The van der Waals surface area contributed by atoms with Crippen molar-refractivity contribution in [3.63, 3.8) is 0 Å². The zero-order valence-corrected chi connectivity index (χ0v) is 17.1. The number of hydrogen-bond acceptors (Lipinski definition) is 2. The van der Waals surface area contributed by atoms with Crippen LogP contribution in [0.4, 0.5) is 0 Å². The van der Waals surface area contributed by atoms with Crippen LogP contribution in [-0.4, -0.2) is 32.4 Å². The topological polar surface area (TPSA) is 72.0 Å². The summed E-state index contributed by atoms with van der Waals surface area (Å²) in [5.41, 5.74) is 8.17. The number of aromatic amines is 2. The number of rotatable bonds is 4. The van der Waals surface area contributed by atoms with Crippen molar-refractivity contribution < 1.29 is 10.2 Å². The van der Waals surface area contributed by atoms with E-state index in [4.69, 9.17) is 0 Å². The molecule has 2 aromatic carbocycles. The van der Waals surface area contributed by atoms with Crippen LogP contribution in [0.1, 0.15) is 34.4 Å². The lowest BCUT2D eigenvalue weighted by Gasteiger charge is -2.46. The molecule has 1 aliphatic carbocycles. The molecule has 0 radical (unpaired) electrons. The Labute approximate surface area is 176 Å². The molecule has 2 heterocycles. The Morgan fingerprint density at radius 3 is 1.33 bits per heavy atom. The van der Waals surface area contributed by atoms with Gasteiger partial charge in [0, 0.05) is 34.6 Å². The number of H-pyrrole nitrogens is 2. The van der Waals surface area contributed by atoms with E-state index in [2.05, 4.69) is 46.4 Å². The lowest BCUT2D eigenvalue weighted by atomic mass is 9.63. The fraction of sp³-hybridized carbons (Fsp3) is 0.231. The van der Waals surface area contributed by atoms with Crippen molar-refractivity contribution >= 4 is 0 Å². The van der Waals surface area contributed by atoms with Crippen LogP contribution in [0.5, 0.6) is 0 Å². The minimum absolute atomic E-state index is 0.293. The Kier molecular flexibility index (Phi) is 4.61. The van der Waals surface area contributed by atoms with E-state index < -0.39 is 12.2 Å². The van der Waals surface area contributed by atoms with Gasteiger partial charge in [0.15, 0.2) is 0 Å². The molecule has 0 aliphatic heterocycles. The monoisotopic (exact) mass is 398 g/mol. The molecule has 0 bridgehead atoms. The molecule has 1 aliphatic rings. The quantitative estimate of drug-likeness (QED) is 0.395. The first-order chi connectivity index (χ1) is 14.5. The Morgan fingerprint density at radius 2 is 0.967 bits per heavy atom. The SMILES string of the molecule is Cc1[nH]c(-c2ccccc2)cc1C1C(O)C(c2cc(-c3ccccc3)[nH]c2C)C1O. The molecule has 2 aromatic heterocycles. The van der Waals surface area contributed by atoms with Gasteiger partial charge in [-0.3, -0.25) is 0 Å². The summed E-state index contributed by atoms with van der Waals surface area (Å²) < 4.78 is 0. The number of benzene rings is 2. The van der Waals surface area contributed by atoms with Gasteiger partial charge in [0.2, 0.25) is 0 Å². The molecule has 30 heavy (non-hydrogen) atoms. The van der Waals surface area contributed by atoms with Gasteiger partial charge in [0.1, 0.15) is 0 Å². The van der Waals surface area contributed by atoms with Crippen LogP contribution in [0.25, 0.3) is 22.5 Å². The van der Waals surface area contributed by atoms with Crippen molar-refractivity contribution in [3.05, 3.63) is 95.3 Å². The van der Waals surface area contributed by atoms with E-state index in [1.165, 1.54) is 0 Å². The highest BCUT2D eigenvalue weighted by molar-refractivity contribution is 5.64. The van der Waals surface area contributed by atoms with Gasteiger partial charge in [0.05, 0.1) is 12.2 Å². The van der Waals surface area contributed by atoms with Gasteiger partial charge in [-0.15, -0.1) is 0 Å². The molecular weight excluding hydrogens is 372 g/mol. The molecule has 0 atom stereocenters. The number of aryl methyl sites for hydroxylation is 2. The number of aliphatic hydroxyl groups is 2. The van der Waals surface area contributed by atoms with E-state index in [0.717, 1.165) is 45.0 Å². The predicted octanol–water partition coefficient (Wildman–Crippen LogP) is 4.90. The van der Waals surface area contributed by atoms with Crippen molar-refractivity contribution in [2.45, 2.75) is 37.9 Å². The van der Waals surface area contributed by atoms with Crippen molar-refractivity contribution in [1.82, 2.24) is 9.97 Å². The molecule has 4 nitrogen and oxygen atoms in total. The smallest absolute Gasteiger partial charge is 0.0728 e. The zero-order valence-electron chi connectivity index (χ0n) is 17.1. The molecule has 0 unspecified atom stereocenters. The summed E-state index contributed by atoms with van der Waals surface area (Å²) in [6.07, 6.45) is -1.26. The van der Waals surface area contributed by atoms with Gasteiger partial charge in [-0.05, 0) is 48.2 Å². The first-order valence-corrected chi connectivity index (χ1v) is 10.4. The highest BCUT2D eigenvalue weighted by Gasteiger charge is 2.52. The molecule has 5 rings (SSSR count). The average molecular weight is 399 g/mol. The Morgan fingerprint density at radius 1 is 0.600 bits per heavy atom. The van der Waals surface area contributed by atoms with Gasteiger partial charge in [-0.1, -0.05) is 60.7 Å². The van der Waals surface area contributed by atoms with Gasteiger partial charge in [-0.2, -0.15) is 0 Å². The first-order valence-electron chi connectivity index (χ1n) is 10.4. The maximum Gasteiger partial charge on any atom is 0.0728 e. The van der Waals surface area contributed by atoms with Crippen LogP contribution < -0.4 is 0 Å². The van der Waals surface area contributed by atoms with Gasteiger partial charge >= 0.3 is 0 Å². The third-order valence-corrected chi connectivity index (χ3v) is 6.47. The van der Waals surface area contributed by atoms with Crippen LogP contribution in [-0.2, 0) is 0 Å². The van der Waals surface area contributed by atoms with Gasteiger partial charge in [0.25, 0.3) is 0 Å². The molecular formula is C26H26N2O2. The highest BCUT2D eigenvalue weighted by atomic mass is 16.3. The fourth-order valence-corrected chi connectivity index (χ4v) is 4.83. The minimum atomic E-state index is -0.628. The van der Waals surface area contributed by atoms with Crippen LogP contribution in [0.3, 0.4) is 0 Å². The molecule has 0 amide bonds. The summed E-state index contributed by atoms with van der Waals surface area (Å²) in [5, 5.41) is 22.1. The van der Waals surface area contributed by atoms with E-state index >= 15 is 0 Å². The highest BCUT2D eigenvalue weighted by Crippen LogP contribution is 2.50. The van der Waals surface area contributed by atoms with E-state index in [0.29, 0.717) is 0 Å². The number of nitrogens with one attached hydrogen (secondary N) is 2.